The van der Waals surface area contributed by atoms with Gasteiger partial charge in [-0.05, 0) is 37.0 Å². The van der Waals surface area contributed by atoms with Crippen molar-refractivity contribution in [2.45, 2.75) is 38.6 Å². The fourth-order valence-electron chi connectivity index (χ4n) is 2.67. The van der Waals surface area contributed by atoms with Gasteiger partial charge in [0.15, 0.2) is 0 Å². The average molecular weight is 271 g/mol. The number of carbonyl (C=O) groups excluding carboxylic acids is 1. The molecular formula is C16H21N3O. The number of nitrogens with zero attached hydrogens (tertiary/aromatic N) is 1. The Morgan fingerprint density at radius 1 is 1.40 bits per heavy atom. The molecule has 0 aliphatic heterocycles. The lowest BCUT2D eigenvalue weighted by atomic mass is 9.86. The molecule has 1 aromatic rings. The molecule has 1 aliphatic rings. The van der Waals surface area contributed by atoms with Gasteiger partial charge in [0.2, 0.25) is 5.91 Å². The summed E-state index contributed by atoms with van der Waals surface area (Å²) in [5.74, 6) is 0.584. The number of carbonyl (C=O) groups is 1. The number of benzene rings is 1. The highest BCUT2D eigenvalue weighted by Crippen LogP contribution is 2.23. The van der Waals surface area contributed by atoms with Crippen LogP contribution >= 0.6 is 0 Å². The van der Waals surface area contributed by atoms with Crippen LogP contribution in [-0.2, 0) is 4.79 Å². The first-order valence-corrected chi connectivity index (χ1v) is 7.22. The molecule has 0 bridgehead atoms. The van der Waals surface area contributed by atoms with Gasteiger partial charge in [0.05, 0.1) is 18.2 Å². The number of hydrogen-bond acceptors (Lipinski definition) is 3. The molecule has 4 nitrogen and oxygen atoms in total. The minimum absolute atomic E-state index is 0.0195. The second-order valence-electron chi connectivity index (χ2n) is 5.48. The molecule has 1 saturated carbocycles. The van der Waals surface area contributed by atoms with Crippen LogP contribution in [0.4, 0.5) is 5.69 Å². The van der Waals surface area contributed by atoms with Crippen molar-refractivity contribution < 1.29 is 4.79 Å². The monoisotopic (exact) mass is 271 g/mol. The highest BCUT2D eigenvalue weighted by molar-refractivity contribution is 5.81. The van der Waals surface area contributed by atoms with Crippen molar-refractivity contribution in [3.63, 3.8) is 0 Å². The third kappa shape index (κ3) is 3.99. The van der Waals surface area contributed by atoms with Crippen LogP contribution in [0.5, 0.6) is 0 Å². The maximum Gasteiger partial charge on any atom is 0.239 e. The Morgan fingerprint density at radius 3 is 2.95 bits per heavy atom. The van der Waals surface area contributed by atoms with E-state index < -0.39 is 0 Å². The molecule has 2 atom stereocenters. The average Bonchev–Trinajstić information content (AvgIpc) is 2.48. The van der Waals surface area contributed by atoms with E-state index in [0.717, 1.165) is 12.1 Å². The minimum Gasteiger partial charge on any atom is -0.376 e. The number of nitriles is 1. The molecule has 1 aromatic carbocycles. The fourth-order valence-corrected chi connectivity index (χ4v) is 2.67. The molecule has 1 aliphatic carbocycles. The molecule has 2 rings (SSSR count). The van der Waals surface area contributed by atoms with Crippen molar-refractivity contribution in [2.75, 3.05) is 11.9 Å². The van der Waals surface area contributed by atoms with Crippen molar-refractivity contribution in [3.05, 3.63) is 29.8 Å². The molecule has 2 N–H and O–H groups in total. The quantitative estimate of drug-likeness (QED) is 0.885. The Labute approximate surface area is 120 Å². The molecule has 20 heavy (non-hydrogen) atoms. The van der Waals surface area contributed by atoms with Gasteiger partial charge in [-0.2, -0.15) is 5.26 Å². The van der Waals surface area contributed by atoms with E-state index >= 15 is 0 Å². The van der Waals surface area contributed by atoms with E-state index in [-0.39, 0.29) is 12.5 Å². The first-order chi connectivity index (χ1) is 9.69. The van der Waals surface area contributed by atoms with Gasteiger partial charge >= 0.3 is 0 Å². The Balaban J connectivity index is 1.81. The van der Waals surface area contributed by atoms with Gasteiger partial charge in [-0.25, -0.2) is 0 Å². The summed E-state index contributed by atoms with van der Waals surface area (Å²) in [5, 5.41) is 15.0. The van der Waals surface area contributed by atoms with Gasteiger partial charge < -0.3 is 10.6 Å². The zero-order chi connectivity index (χ0) is 14.4. The van der Waals surface area contributed by atoms with E-state index in [2.05, 4.69) is 23.6 Å². The second-order valence-corrected chi connectivity index (χ2v) is 5.48. The molecule has 1 amide bonds. The summed E-state index contributed by atoms with van der Waals surface area (Å²) in [4.78, 5) is 11.9. The fraction of sp³-hybridized carbons (Fsp3) is 0.500. The van der Waals surface area contributed by atoms with E-state index in [0.29, 0.717) is 17.5 Å². The summed E-state index contributed by atoms with van der Waals surface area (Å²) in [7, 11) is 0. The van der Waals surface area contributed by atoms with Crippen molar-refractivity contribution in [1.29, 1.82) is 5.26 Å². The molecule has 4 heteroatoms. The Bertz CT molecular complexity index is 507. The summed E-state index contributed by atoms with van der Waals surface area (Å²) >= 11 is 0. The van der Waals surface area contributed by atoms with Gasteiger partial charge in [-0.1, -0.05) is 25.8 Å². The lowest BCUT2D eigenvalue weighted by molar-refractivity contribution is -0.120. The van der Waals surface area contributed by atoms with E-state index in [1.165, 1.54) is 19.3 Å². The predicted molar refractivity (Wildman–Crippen MR) is 79.2 cm³/mol. The summed E-state index contributed by atoms with van der Waals surface area (Å²) in [6.07, 6.45) is 4.75. The number of anilines is 1. The van der Waals surface area contributed by atoms with Crippen LogP contribution in [0.25, 0.3) is 0 Å². The molecule has 0 radical (unpaired) electrons. The van der Waals surface area contributed by atoms with Crippen LogP contribution in [0.3, 0.4) is 0 Å². The number of rotatable bonds is 4. The predicted octanol–water partition coefficient (Wildman–Crippen LogP) is 2.67. The van der Waals surface area contributed by atoms with Gasteiger partial charge in [-0.3, -0.25) is 4.79 Å². The SMILES string of the molecule is C[C@H]1CCCC[C@@H]1NC(=O)CNc1cccc(C#N)c1. The number of nitrogens with one attached hydrogen (secondary N) is 2. The standard InChI is InChI=1S/C16H21N3O/c1-12-5-2-3-8-15(12)19-16(20)11-18-14-7-4-6-13(9-14)10-17/h4,6-7,9,12,15,18H,2-3,5,8,11H2,1H3,(H,19,20)/t12-,15-/m0/s1. The van der Waals surface area contributed by atoms with Crippen LogP contribution in [0, 0.1) is 17.2 Å². The third-order valence-electron chi connectivity index (χ3n) is 3.90. The number of amides is 1. The highest BCUT2D eigenvalue weighted by Gasteiger charge is 2.22. The molecule has 0 aromatic heterocycles. The smallest absolute Gasteiger partial charge is 0.239 e. The first-order valence-electron chi connectivity index (χ1n) is 7.22. The Morgan fingerprint density at radius 2 is 2.20 bits per heavy atom. The Kier molecular flexibility index (Phi) is 5.00. The van der Waals surface area contributed by atoms with Gasteiger partial charge in [0.25, 0.3) is 0 Å². The van der Waals surface area contributed by atoms with Crippen molar-refractivity contribution >= 4 is 11.6 Å². The van der Waals surface area contributed by atoms with E-state index in [4.69, 9.17) is 5.26 Å². The van der Waals surface area contributed by atoms with Gasteiger partial charge in [0.1, 0.15) is 0 Å². The van der Waals surface area contributed by atoms with Crippen molar-refractivity contribution in [2.24, 2.45) is 5.92 Å². The maximum atomic E-state index is 11.9. The van der Waals surface area contributed by atoms with E-state index in [1.807, 2.05) is 12.1 Å². The molecule has 0 spiro atoms. The van der Waals surface area contributed by atoms with Crippen LogP contribution in [0.2, 0.25) is 0 Å². The summed E-state index contributed by atoms with van der Waals surface area (Å²) in [5.41, 5.74) is 1.40. The molecule has 0 saturated heterocycles. The van der Waals surface area contributed by atoms with Crippen LogP contribution < -0.4 is 10.6 Å². The van der Waals surface area contributed by atoms with Crippen molar-refractivity contribution in [3.8, 4) is 6.07 Å². The highest BCUT2D eigenvalue weighted by atomic mass is 16.1. The second kappa shape index (κ2) is 6.95. The summed E-state index contributed by atoms with van der Waals surface area (Å²) in [6, 6.07) is 9.55. The Hall–Kier alpha value is -2.02. The lowest BCUT2D eigenvalue weighted by Gasteiger charge is -2.29. The normalized spacial score (nSPS) is 21.8. The molecular weight excluding hydrogens is 250 g/mol. The topological polar surface area (TPSA) is 64.9 Å². The van der Waals surface area contributed by atoms with Gasteiger partial charge in [-0.15, -0.1) is 0 Å². The van der Waals surface area contributed by atoms with E-state index in [9.17, 15) is 4.79 Å². The van der Waals surface area contributed by atoms with Crippen LogP contribution in [0.1, 0.15) is 38.2 Å². The summed E-state index contributed by atoms with van der Waals surface area (Å²) < 4.78 is 0. The molecule has 1 fully saturated rings. The third-order valence-corrected chi connectivity index (χ3v) is 3.90. The van der Waals surface area contributed by atoms with Crippen LogP contribution in [0.15, 0.2) is 24.3 Å². The lowest BCUT2D eigenvalue weighted by Crippen LogP contribution is -2.43. The zero-order valence-corrected chi connectivity index (χ0v) is 11.9. The molecule has 106 valence electrons. The molecule has 0 unspecified atom stereocenters. The largest absolute Gasteiger partial charge is 0.376 e. The first kappa shape index (κ1) is 14.4. The van der Waals surface area contributed by atoms with Crippen LogP contribution in [-0.4, -0.2) is 18.5 Å². The molecule has 0 heterocycles. The van der Waals surface area contributed by atoms with E-state index in [1.54, 1.807) is 12.1 Å². The minimum atomic E-state index is 0.0195. The van der Waals surface area contributed by atoms with Gasteiger partial charge in [0, 0.05) is 11.7 Å². The van der Waals surface area contributed by atoms with Crippen molar-refractivity contribution in [1.82, 2.24) is 5.32 Å². The number of hydrogen-bond donors (Lipinski definition) is 2. The zero-order valence-electron chi connectivity index (χ0n) is 11.9. The maximum absolute atomic E-state index is 11.9. The summed E-state index contributed by atoms with van der Waals surface area (Å²) in [6.45, 7) is 2.45.